The lowest BCUT2D eigenvalue weighted by molar-refractivity contribution is -0.121. The summed E-state index contributed by atoms with van der Waals surface area (Å²) in [6, 6.07) is 5.52. The topological polar surface area (TPSA) is 71.7 Å². The maximum absolute atomic E-state index is 12.1. The minimum absolute atomic E-state index is 0.126. The summed E-state index contributed by atoms with van der Waals surface area (Å²) in [7, 11) is 1.60. The van der Waals surface area contributed by atoms with Gasteiger partial charge in [0.05, 0.1) is 25.4 Å². The lowest BCUT2D eigenvalue weighted by atomic mass is 9.97. The summed E-state index contributed by atoms with van der Waals surface area (Å²) >= 11 is 0. The first-order chi connectivity index (χ1) is 10.5. The fourth-order valence-corrected chi connectivity index (χ4v) is 2.33. The molecule has 0 fully saturated rings. The Morgan fingerprint density at radius 1 is 1.36 bits per heavy atom. The Balaban J connectivity index is 2.03. The van der Waals surface area contributed by atoms with Crippen LogP contribution in [0.15, 0.2) is 28.9 Å². The molecule has 1 aromatic heterocycles. The second-order valence-electron chi connectivity index (χ2n) is 5.51. The fraction of sp³-hybridized carbons (Fsp3) is 0.471. The van der Waals surface area contributed by atoms with E-state index in [9.17, 15) is 9.90 Å². The average molecular weight is 305 g/mol. The van der Waals surface area contributed by atoms with Gasteiger partial charge in [0.15, 0.2) is 0 Å². The molecule has 1 aromatic carbocycles. The third-order valence-electron chi connectivity index (χ3n) is 4.14. The predicted molar refractivity (Wildman–Crippen MR) is 85.0 cm³/mol. The Labute approximate surface area is 130 Å². The normalized spacial score (nSPS) is 11.6. The molecule has 0 spiro atoms. The number of benzene rings is 1. The lowest BCUT2D eigenvalue weighted by Gasteiger charge is -2.25. The molecule has 1 heterocycles. The molecule has 2 N–H and O–H groups in total. The Morgan fingerprint density at radius 3 is 2.73 bits per heavy atom. The molecule has 2 aromatic rings. The molecule has 22 heavy (non-hydrogen) atoms. The second-order valence-corrected chi connectivity index (χ2v) is 5.51. The molecule has 0 aliphatic rings. The van der Waals surface area contributed by atoms with Crippen LogP contribution in [0.2, 0.25) is 0 Å². The summed E-state index contributed by atoms with van der Waals surface area (Å²) in [6.45, 7) is 4.09. The van der Waals surface area contributed by atoms with Crippen LogP contribution < -0.4 is 10.1 Å². The number of amides is 1. The molecule has 0 radical (unpaired) electrons. The number of carbonyl (C=O) groups is 1. The van der Waals surface area contributed by atoms with E-state index in [1.807, 2.05) is 26.0 Å². The first-order valence-corrected chi connectivity index (χ1v) is 7.54. The van der Waals surface area contributed by atoms with Crippen LogP contribution in [0.3, 0.4) is 0 Å². The molecular formula is C17H23NO4. The maximum Gasteiger partial charge on any atom is 0.224 e. The molecule has 5 heteroatoms. The van der Waals surface area contributed by atoms with Gasteiger partial charge in [-0.25, -0.2) is 0 Å². The van der Waals surface area contributed by atoms with Crippen molar-refractivity contribution in [3.63, 3.8) is 0 Å². The zero-order valence-corrected chi connectivity index (χ0v) is 13.3. The van der Waals surface area contributed by atoms with E-state index in [4.69, 9.17) is 9.15 Å². The highest BCUT2D eigenvalue weighted by Crippen LogP contribution is 2.25. The highest BCUT2D eigenvalue weighted by Gasteiger charge is 2.23. The number of hydrogen-bond acceptors (Lipinski definition) is 4. The van der Waals surface area contributed by atoms with Gasteiger partial charge in [-0.15, -0.1) is 0 Å². The van der Waals surface area contributed by atoms with Gasteiger partial charge in [0, 0.05) is 23.6 Å². The van der Waals surface area contributed by atoms with Crippen molar-refractivity contribution in [2.24, 2.45) is 0 Å². The number of ether oxygens (including phenoxy) is 1. The van der Waals surface area contributed by atoms with Crippen molar-refractivity contribution < 1.29 is 19.1 Å². The molecule has 0 bridgehead atoms. The molecule has 0 unspecified atom stereocenters. The van der Waals surface area contributed by atoms with Crippen molar-refractivity contribution in [3.05, 3.63) is 30.0 Å². The number of furan rings is 1. The summed E-state index contributed by atoms with van der Waals surface area (Å²) in [5.41, 5.74) is 0.689. The van der Waals surface area contributed by atoms with Crippen molar-refractivity contribution in [3.8, 4) is 5.75 Å². The first-order valence-electron chi connectivity index (χ1n) is 7.54. The van der Waals surface area contributed by atoms with E-state index in [2.05, 4.69) is 5.32 Å². The maximum atomic E-state index is 12.1. The van der Waals surface area contributed by atoms with Gasteiger partial charge in [0.1, 0.15) is 11.3 Å². The van der Waals surface area contributed by atoms with Gasteiger partial charge < -0.3 is 19.6 Å². The van der Waals surface area contributed by atoms with Gasteiger partial charge in [-0.05, 0) is 25.0 Å². The summed E-state index contributed by atoms with van der Waals surface area (Å²) in [4.78, 5) is 12.1. The lowest BCUT2D eigenvalue weighted by Crippen LogP contribution is -2.42. The number of methoxy groups -OCH3 is 1. The third-order valence-corrected chi connectivity index (χ3v) is 4.14. The van der Waals surface area contributed by atoms with Crippen LogP contribution in [0.5, 0.6) is 5.75 Å². The second kappa shape index (κ2) is 6.83. The summed E-state index contributed by atoms with van der Waals surface area (Å²) in [6.07, 6.45) is 3.04. The fourth-order valence-electron chi connectivity index (χ4n) is 2.33. The number of hydrogen-bond donors (Lipinski definition) is 2. The van der Waals surface area contributed by atoms with Crippen molar-refractivity contribution in [2.45, 2.75) is 38.7 Å². The number of nitrogens with one attached hydrogen (secondary N) is 1. The molecule has 0 atom stereocenters. The monoisotopic (exact) mass is 305 g/mol. The predicted octanol–water partition coefficient (Wildman–Crippen LogP) is 2.65. The van der Waals surface area contributed by atoms with Crippen molar-refractivity contribution in [1.82, 2.24) is 5.32 Å². The number of carbonyl (C=O) groups excluding carboxylic acids is 1. The Morgan fingerprint density at radius 2 is 2.09 bits per heavy atom. The summed E-state index contributed by atoms with van der Waals surface area (Å²) in [5.74, 6) is 0.590. The minimum atomic E-state index is -0.832. The van der Waals surface area contributed by atoms with E-state index in [1.54, 1.807) is 19.4 Å². The van der Waals surface area contributed by atoms with Crippen molar-refractivity contribution in [1.29, 1.82) is 0 Å². The van der Waals surface area contributed by atoms with Crippen molar-refractivity contribution >= 4 is 16.9 Å². The molecule has 0 saturated carbocycles. The number of aliphatic hydroxyl groups is 1. The number of fused-ring (bicyclic) bond motifs is 1. The van der Waals surface area contributed by atoms with Crippen LogP contribution >= 0.6 is 0 Å². The highest BCUT2D eigenvalue weighted by molar-refractivity contribution is 5.88. The molecule has 0 saturated heterocycles. The van der Waals surface area contributed by atoms with E-state index < -0.39 is 5.60 Å². The van der Waals surface area contributed by atoms with E-state index >= 15 is 0 Å². The Kier molecular flexibility index (Phi) is 5.08. The van der Waals surface area contributed by atoms with E-state index in [0.29, 0.717) is 24.2 Å². The van der Waals surface area contributed by atoms with Crippen LogP contribution in [0.4, 0.5) is 0 Å². The molecular weight excluding hydrogens is 282 g/mol. The zero-order valence-electron chi connectivity index (χ0n) is 13.3. The van der Waals surface area contributed by atoms with Crippen LogP contribution in [-0.2, 0) is 11.2 Å². The van der Waals surface area contributed by atoms with Gasteiger partial charge in [-0.2, -0.15) is 0 Å². The van der Waals surface area contributed by atoms with Gasteiger partial charge in [-0.3, -0.25) is 4.79 Å². The molecule has 5 nitrogen and oxygen atoms in total. The average Bonchev–Trinajstić information content (AvgIpc) is 2.94. The quantitative estimate of drug-likeness (QED) is 0.825. The third kappa shape index (κ3) is 3.60. The smallest absolute Gasteiger partial charge is 0.224 e. The van der Waals surface area contributed by atoms with Crippen LogP contribution in [-0.4, -0.2) is 30.3 Å². The SMILES string of the molecule is CCC(O)(CC)CNC(=O)Cc1coc2cc(OC)ccc12. The van der Waals surface area contributed by atoms with Crippen LogP contribution in [0, 0.1) is 0 Å². The van der Waals surface area contributed by atoms with Gasteiger partial charge >= 0.3 is 0 Å². The van der Waals surface area contributed by atoms with E-state index in [1.165, 1.54) is 0 Å². The minimum Gasteiger partial charge on any atom is -0.497 e. The summed E-state index contributed by atoms with van der Waals surface area (Å²) < 4.78 is 10.6. The molecule has 0 aliphatic heterocycles. The summed E-state index contributed by atoms with van der Waals surface area (Å²) in [5, 5.41) is 13.9. The zero-order chi connectivity index (χ0) is 16.2. The largest absolute Gasteiger partial charge is 0.497 e. The van der Waals surface area contributed by atoms with E-state index in [0.717, 1.165) is 10.9 Å². The molecule has 2 rings (SSSR count). The van der Waals surface area contributed by atoms with E-state index in [-0.39, 0.29) is 18.9 Å². The molecule has 120 valence electrons. The van der Waals surface area contributed by atoms with Crippen LogP contribution in [0.25, 0.3) is 11.0 Å². The molecule has 0 aliphatic carbocycles. The van der Waals surface area contributed by atoms with Gasteiger partial charge in [-0.1, -0.05) is 13.8 Å². The first kappa shape index (κ1) is 16.4. The van der Waals surface area contributed by atoms with Crippen molar-refractivity contribution in [2.75, 3.05) is 13.7 Å². The molecule has 1 amide bonds. The van der Waals surface area contributed by atoms with Gasteiger partial charge in [0.2, 0.25) is 5.91 Å². The number of rotatable bonds is 7. The van der Waals surface area contributed by atoms with Crippen LogP contribution in [0.1, 0.15) is 32.3 Å². The highest BCUT2D eigenvalue weighted by atomic mass is 16.5. The Hall–Kier alpha value is -2.01. The van der Waals surface area contributed by atoms with Gasteiger partial charge in [0.25, 0.3) is 0 Å². The standard InChI is InChI=1S/C17H23NO4/c1-4-17(20,5-2)11-18-16(19)8-12-10-22-15-9-13(21-3)6-7-14(12)15/h6-7,9-10,20H,4-5,8,11H2,1-3H3,(H,18,19). The Bertz CT molecular complexity index is 643.